The highest BCUT2D eigenvalue weighted by atomic mass is 32.2. The van der Waals surface area contributed by atoms with Crippen LogP contribution in [0.2, 0.25) is 0 Å². The molecule has 0 fully saturated rings. The lowest BCUT2D eigenvalue weighted by atomic mass is 10.2. The zero-order chi connectivity index (χ0) is 22.2. The fourth-order valence-corrected chi connectivity index (χ4v) is 4.35. The van der Waals surface area contributed by atoms with Crippen molar-refractivity contribution in [3.8, 4) is 0 Å². The largest absolute Gasteiger partial charge is 0.338 e. The maximum Gasteiger partial charge on any atom is 0.238 e. The predicted octanol–water partition coefficient (Wildman–Crippen LogP) is 2.82. The lowest BCUT2D eigenvalue weighted by Gasteiger charge is -2.25. The Labute approximate surface area is 181 Å². The molecule has 12 heteroatoms. The van der Waals surface area contributed by atoms with E-state index in [1.54, 1.807) is 24.1 Å². The maximum absolute atomic E-state index is 14.3. The number of aromatic nitrogens is 2. The second-order valence-electron chi connectivity index (χ2n) is 6.63. The maximum atomic E-state index is 14.3. The topological polar surface area (TPSA) is 130 Å². The number of nitrogens with zero attached hydrogens (tertiary/aromatic N) is 3. The van der Waals surface area contributed by atoms with Gasteiger partial charge in [-0.25, -0.2) is 22.9 Å². The molecule has 0 aliphatic carbocycles. The molecule has 2 heterocycles. The molecule has 9 nitrogen and oxygen atoms in total. The number of carbonyl (C=O) groups is 1. The van der Waals surface area contributed by atoms with Gasteiger partial charge in [-0.1, -0.05) is 0 Å². The number of nitrogens with one attached hydrogen (secondary N) is 2. The van der Waals surface area contributed by atoms with Crippen molar-refractivity contribution in [3.63, 3.8) is 0 Å². The number of primary sulfonamides is 1. The lowest BCUT2D eigenvalue weighted by molar-refractivity contribution is -0.116. The van der Waals surface area contributed by atoms with Crippen molar-refractivity contribution < 1.29 is 17.6 Å². The van der Waals surface area contributed by atoms with Gasteiger partial charge in [0.15, 0.2) is 11.6 Å². The summed E-state index contributed by atoms with van der Waals surface area (Å²) in [6.45, 7) is 0. The van der Waals surface area contributed by atoms with Gasteiger partial charge in [0.2, 0.25) is 21.9 Å². The number of nitrogens with two attached hydrogens (primary N) is 1. The van der Waals surface area contributed by atoms with E-state index in [1.165, 1.54) is 36.0 Å². The van der Waals surface area contributed by atoms with E-state index in [0.717, 1.165) is 16.8 Å². The summed E-state index contributed by atoms with van der Waals surface area (Å²) >= 11 is 1.45. The Kier molecular flexibility index (Phi) is 5.52. The van der Waals surface area contributed by atoms with Gasteiger partial charge in [0.1, 0.15) is 0 Å². The van der Waals surface area contributed by atoms with Crippen LogP contribution < -0.4 is 20.7 Å². The van der Waals surface area contributed by atoms with Gasteiger partial charge in [0, 0.05) is 23.3 Å². The Bertz CT molecular complexity index is 1270. The molecule has 1 amide bonds. The number of hydrogen-bond donors (Lipinski definition) is 3. The first-order chi connectivity index (χ1) is 14.7. The fraction of sp³-hybridized carbons (Fsp3) is 0.105. The number of carbonyl (C=O) groups excluding carboxylic acids is 1. The van der Waals surface area contributed by atoms with Crippen LogP contribution >= 0.6 is 11.8 Å². The third-order valence-electron chi connectivity index (χ3n) is 4.49. The van der Waals surface area contributed by atoms with Crippen LogP contribution in [0.15, 0.2) is 58.5 Å². The number of fused-ring (bicyclic) bond motifs is 1. The first-order valence-corrected chi connectivity index (χ1v) is 11.5. The number of anilines is 5. The van der Waals surface area contributed by atoms with Crippen molar-refractivity contribution in [2.75, 3.05) is 28.3 Å². The zero-order valence-corrected chi connectivity index (χ0v) is 17.8. The number of hydrogen-bond acceptors (Lipinski definition) is 8. The quantitative estimate of drug-likeness (QED) is 0.530. The molecule has 160 valence electrons. The van der Waals surface area contributed by atoms with Crippen LogP contribution in [0.1, 0.15) is 0 Å². The van der Waals surface area contributed by atoms with E-state index < -0.39 is 15.8 Å². The van der Waals surface area contributed by atoms with Crippen molar-refractivity contribution in [3.05, 3.63) is 54.5 Å². The molecule has 0 saturated carbocycles. The minimum atomic E-state index is -3.80. The molecule has 0 unspecified atom stereocenters. The molecule has 0 radical (unpaired) electrons. The lowest BCUT2D eigenvalue weighted by Crippen LogP contribution is -2.31. The minimum Gasteiger partial charge on any atom is -0.338 e. The Balaban J connectivity index is 1.55. The second kappa shape index (κ2) is 8.13. The summed E-state index contributed by atoms with van der Waals surface area (Å²) in [4.78, 5) is 22.5. The molecular formula is C19H17FN6O3S2. The average Bonchev–Trinajstić information content (AvgIpc) is 2.73. The minimum absolute atomic E-state index is 0.0113. The van der Waals surface area contributed by atoms with Crippen LogP contribution in [0, 0.1) is 5.82 Å². The summed E-state index contributed by atoms with van der Waals surface area (Å²) in [5, 5.41) is 10.9. The molecule has 1 aliphatic rings. The molecular weight excluding hydrogens is 443 g/mol. The molecule has 4 N–H and O–H groups in total. The van der Waals surface area contributed by atoms with E-state index in [4.69, 9.17) is 5.14 Å². The van der Waals surface area contributed by atoms with Crippen LogP contribution in [0.4, 0.5) is 33.2 Å². The van der Waals surface area contributed by atoms with E-state index >= 15 is 0 Å². The van der Waals surface area contributed by atoms with Gasteiger partial charge in [0.25, 0.3) is 0 Å². The van der Waals surface area contributed by atoms with Crippen LogP contribution in [-0.2, 0) is 14.8 Å². The number of benzene rings is 2. The van der Waals surface area contributed by atoms with E-state index in [2.05, 4.69) is 20.6 Å². The number of sulfonamides is 1. The SMILES string of the molecule is CN1C(=O)CSc2ccc(Nc3nc(Nc4ccc(S(N)(=O)=O)cc4)ncc3F)cc21. The van der Waals surface area contributed by atoms with Gasteiger partial charge < -0.3 is 15.5 Å². The molecule has 1 aromatic heterocycles. The van der Waals surface area contributed by atoms with Gasteiger partial charge in [-0.3, -0.25) is 4.79 Å². The van der Waals surface area contributed by atoms with Crippen LogP contribution in [0.5, 0.6) is 0 Å². The molecule has 0 saturated heterocycles. The molecule has 31 heavy (non-hydrogen) atoms. The Morgan fingerprint density at radius 3 is 2.55 bits per heavy atom. The number of amides is 1. The third-order valence-corrected chi connectivity index (χ3v) is 6.47. The van der Waals surface area contributed by atoms with E-state index in [1.807, 2.05) is 6.07 Å². The first kappa shape index (κ1) is 21.0. The third kappa shape index (κ3) is 4.60. The Hall–Kier alpha value is -3.22. The van der Waals surface area contributed by atoms with E-state index in [-0.39, 0.29) is 22.6 Å². The van der Waals surface area contributed by atoms with Gasteiger partial charge >= 0.3 is 0 Å². The fourth-order valence-electron chi connectivity index (χ4n) is 2.86. The highest BCUT2D eigenvalue weighted by molar-refractivity contribution is 8.00. The first-order valence-electron chi connectivity index (χ1n) is 8.93. The van der Waals surface area contributed by atoms with Crippen molar-refractivity contribution in [1.29, 1.82) is 0 Å². The number of thioether (sulfide) groups is 1. The monoisotopic (exact) mass is 460 g/mol. The Morgan fingerprint density at radius 2 is 1.84 bits per heavy atom. The zero-order valence-electron chi connectivity index (χ0n) is 16.2. The average molecular weight is 461 g/mol. The van der Waals surface area contributed by atoms with Gasteiger partial charge in [-0.15, -0.1) is 11.8 Å². The van der Waals surface area contributed by atoms with Gasteiger partial charge in [-0.05, 0) is 42.5 Å². The van der Waals surface area contributed by atoms with E-state index in [0.29, 0.717) is 17.1 Å². The van der Waals surface area contributed by atoms with Crippen LogP contribution in [0.25, 0.3) is 0 Å². The number of rotatable bonds is 5. The van der Waals surface area contributed by atoms with Crippen molar-refractivity contribution in [2.24, 2.45) is 5.14 Å². The molecule has 4 rings (SSSR count). The summed E-state index contributed by atoms with van der Waals surface area (Å²) < 4.78 is 37.0. The molecule has 1 aliphatic heterocycles. The van der Waals surface area contributed by atoms with E-state index in [9.17, 15) is 17.6 Å². The highest BCUT2D eigenvalue weighted by Gasteiger charge is 2.22. The normalized spacial score (nSPS) is 13.6. The summed E-state index contributed by atoms with van der Waals surface area (Å²) in [5.41, 5.74) is 1.78. The van der Waals surface area contributed by atoms with Gasteiger partial charge in [0.05, 0.1) is 22.5 Å². The molecule has 2 aromatic carbocycles. The van der Waals surface area contributed by atoms with Crippen molar-refractivity contribution in [2.45, 2.75) is 9.79 Å². The van der Waals surface area contributed by atoms with Crippen LogP contribution in [0.3, 0.4) is 0 Å². The molecule has 3 aromatic rings. The summed E-state index contributed by atoms with van der Waals surface area (Å²) in [7, 11) is -2.10. The second-order valence-corrected chi connectivity index (χ2v) is 9.21. The molecule has 0 bridgehead atoms. The van der Waals surface area contributed by atoms with Gasteiger partial charge in [-0.2, -0.15) is 4.98 Å². The number of halogens is 1. The predicted molar refractivity (Wildman–Crippen MR) is 117 cm³/mol. The van der Waals surface area contributed by atoms with Crippen molar-refractivity contribution in [1.82, 2.24) is 9.97 Å². The summed E-state index contributed by atoms with van der Waals surface area (Å²) in [6, 6.07) is 11.0. The molecule has 0 spiro atoms. The van der Waals surface area contributed by atoms with Crippen LogP contribution in [-0.4, -0.2) is 37.1 Å². The Morgan fingerprint density at radius 1 is 1.13 bits per heavy atom. The summed E-state index contributed by atoms with van der Waals surface area (Å²) in [6.07, 6.45) is 1.01. The molecule has 0 atom stereocenters. The smallest absolute Gasteiger partial charge is 0.238 e. The highest BCUT2D eigenvalue weighted by Crippen LogP contribution is 2.37. The standard InChI is InChI=1S/C19H17FN6O3S2/c1-26-15-8-12(4-7-16(15)30-10-17(26)27)23-18-14(20)9-22-19(25-18)24-11-2-5-13(6-3-11)31(21,28)29/h2-9H,10H2,1H3,(H2,21,28,29)(H2,22,23,24,25). The summed E-state index contributed by atoms with van der Waals surface area (Å²) in [5.74, 6) is -0.247. The van der Waals surface area contributed by atoms with Crippen molar-refractivity contribution >= 4 is 56.5 Å².